The first-order valence-electron chi connectivity index (χ1n) is 6.78. The van der Waals surface area contributed by atoms with Crippen LogP contribution in [0.2, 0.25) is 0 Å². The molecule has 2 saturated heterocycles. The highest BCUT2D eigenvalue weighted by Gasteiger charge is 2.25. The third-order valence-corrected chi connectivity index (χ3v) is 4.14. The predicted molar refractivity (Wildman–Crippen MR) is 72.4 cm³/mol. The van der Waals surface area contributed by atoms with E-state index >= 15 is 0 Å². The van der Waals surface area contributed by atoms with Gasteiger partial charge in [0.15, 0.2) is 0 Å². The minimum atomic E-state index is 0. The third kappa shape index (κ3) is 4.14. The highest BCUT2D eigenvalue weighted by molar-refractivity contribution is 5.85. The van der Waals surface area contributed by atoms with Gasteiger partial charge in [0, 0.05) is 19.5 Å². The second-order valence-corrected chi connectivity index (χ2v) is 5.30. The molecule has 1 N–H and O–H groups in total. The summed E-state index contributed by atoms with van der Waals surface area (Å²) in [5, 5.41) is 3.36. The summed E-state index contributed by atoms with van der Waals surface area (Å²) in [5.41, 5.74) is 0. The lowest BCUT2D eigenvalue weighted by molar-refractivity contribution is -0.130. The Balaban J connectivity index is 0.00000144. The standard InChI is InChI=1S/C13H24N2O.ClH/c1-2-11-6-8-15(10-11)13(16)4-3-12-5-7-14-9-12;/h11-12,14H,2-10H2,1H3;1H. The van der Waals surface area contributed by atoms with Crippen LogP contribution in [-0.2, 0) is 4.79 Å². The first-order valence-corrected chi connectivity index (χ1v) is 6.78. The Bertz CT molecular complexity index is 242. The molecule has 2 rings (SSSR count). The second kappa shape index (κ2) is 7.22. The van der Waals surface area contributed by atoms with Gasteiger partial charge >= 0.3 is 0 Å². The Labute approximate surface area is 111 Å². The van der Waals surface area contributed by atoms with E-state index in [-0.39, 0.29) is 12.4 Å². The van der Waals surface area contributed by atoms with Gasteiger partial charge in [-0.25, -0.2) is 0 Å². The van der Waals surface area contributed by atoms with Crippen LogP contribution >= 0.6 is 12.4 Å². The fraction of sp³-hybridized carbons (Fsp3) is 0.923. The van der Waals surface area contributed by atoms with Crippen LogP contribution in [0.1, 0.15) is 39.0 Å². The molecular weight excluding hydrogens is 236 g/mol. The highest BCUT2D eigenvalue weighted by Crippen LogP contribution is 2.21. The summed E-state index contributed by atoms with van der Waals surface area (Å²) < 4.78 is 0. The van der Waals surface area contributed by atoms with Crippen molar-refractivity contribution < 1.29 is 4.79 Å². The van der Waals surface area contributed by atoms with Crippen molar-refractivity contribution >= 4 is 18.3 Å². The van der Waals surface area contributed by atoms with E-state index in [1.165, 1.54) is 19.3 Å². The predicted octanol–water partition coefficient (Wildman–Crippen LogP) is 2.06. The molecule has 0 radical (unpaired) electrons. The van der Waals surface area contributed by atoms with Crippen molar-refractivity contribution in [2.75, 3.05) is 26.2 Å². The minimum absolute atomic E-state index is 0. The van der Waals surface area contributed by atoms with Gasteiger partial charge < -0.3 is 10.2 Å². The van der Waals surface area contributed by atoms with Crippen LogP contribution in [0.3, 0.4) is 0 Å². The van der Waals surface area contributed by atoms with Crippen LogP contribution in [0.5, 0.6) is 0 Å². The van der Waals surface area contributed by atoms with E-state index in [0.717, 1.165) is 50.9 Å². The number of halogens is 1. The van der Waals surface area contributed by atoms with Crippen molar-refractivity contribution in [3.8, 4) is 0 Å². The number of rotatable bonds is 4. The zero-order chi connectivity index (χ0) is 11.4. The number of hydrogen-bond donors (Lipinski definition) is 1. The normalized spacial score (nSPS) is 28.2. The second-order valence-electron chi connectivity index (χ2n) is 5.30. The molecule has 2 heterocycles. The van der Waals surface area contributed by atoms with Crippen molar-refractivity contribution in [1.29, 1.82) is 0 Å². The Morgan fingerprint density at radius 2 is 2.18 bits per heavy atom. The van der Waals surface area contributed by atoms with Crippen LogP contribution in [-0.4, -0.2) is 37.0 Å². The molecule has 2 unspecified atom stereocenters. The third-order valence-electron chi connectivity index (χ3n) is 4.14. The number of hydrogen-bond acceptors (Lipinski definition) is 2. The van der Waals surface area contributed by atoms with Crippen molar-refractivity contribution in [1.82, 2.24) is 10.2 Å². The quantitative estimate of drug-likeness (QED) is 0.839. The molecule has 1 amide bonds. The first-order chi connectivity index (χ1) is 7.79. The summed E-state index contributed by atoms with van der Waals surface area (Å²) in [7, 11) is 0. The van der Waals surface area contributed by atoms with Gasteiger partial charge in [0.2, 0.25) is 5.91 Å². The molecule has 0 aromatic carbocycles. The van der Waals surface area contributed by atoms with Crippen LogP contribution in [0, 0.1) is 11.8 Å². The number of nitrogens with zero attached hydrogens (tertiary/aromatic N) is 1. The maximum Gasteiger partial charge on any atom is 0.222 e. The van der Waals surface area contributed by atoms with E-state index in [1.54, 1.807) is 0 Å². The SMILES string of the molecule is CCC1CCN(C(=O)CCC2CCNC2)C1.Cl. The summed E-state index contributed by atoms with van der Waals surface area (Å²) >= 11 is 0. The van der Waals surface area contributed by atoms with Gasteiger partial charge in [0.25, 0.3) is 0 Å². The van der Waals surface area contributed by atoms with Gasteiger partial charge in [0.05, 0.1) is 0 Å². The lowest BCUT2D eigenvalue weighted by Gasteiger charge is -2.17. The van der Waals surface area contributed by atoms with Gasteiger partial charge in [-0.15, -0.1) is 12.4 Å². The van der Waals surface area contributed by atoms with Crippen molar-refractivity contribution in [2.45, 2.75) is 39.0 Å². The van der Waals surface area contributed by atoms with E-state index < -0.39 is 0 Å². The zero-order valence-electron chi connectivity index (χ0n) is 10.8. The Morgan fingerprint density at radius 1 is 1.35 bits per heavy atom. The van der Waals surface area contributed by atoms with Crippen molar-refractivity contribution in [3.05, 3.63) is 0 Å². The maximum absolute atomic E-state index is 12.0. The largest absolute Gasteiger partial charge is 0.342 e. The molecule has 0 aliphatic carbocycles. The van der Waals surface area contributed by atoms with Crippen LogP contribution in [0.4, 0.5) is 0 Å². The van der Waals surface area contributed by atoms with Crippen LogP contribution in [0.15, 0.2) is 0 Å². The molecule has 2 atom stereocenters. The molecule has 0 aromatic rings. The summed E-state index contributed by atoms with van der Waals surface area (Å²) in [5.74, 6) is 1.90. The van der Waals surface area contributed by atoms with E-state index in [0.29, 0.717) is 5.91 Å². The number of amides is 1. The molecular formula is C13H25ClN2O. The van der Waals surface area contributed by atoms with Crippen LogP contribution < -0.4 is 5.32 Å². The topological polar surface area (TPSA) is 32.3 Å². The molecule has 100 valence electrons. The van der Waals surface area contributed by atoms with Crippen molar-refractivity contribution in [2.24, 2.45) is 11.8 Å². The Morgan fingerprint density at radius 3 is 2.76 bits per heavy atom. The molecule has 3 nitrogen and oxygen atoms in total. The number of nitrogens with one attached hydrogen (secondary N) is 1. The molecule has 2 fully saturated rings. The summed E-state index contributed by atoms with van der Waals surface area (Å²) in [6.07, 6.45) is 5.54. The smallest absolute Gasteiger partial charge is 0.222 e. The van der Waals surface area contributed by atoms with Gasteiger partial charge in [-0.1, -0.05) is 13.3 Å². The highest BCUT2D eigenvalue weighted by atomic mass is 35.5. The molecule has 2 aliphatic rings. The summed E-state index contributed by atoms with van der Waals surface area (Å²) in [4.78, 5) is 14.0. The number of carbonyl (C=O) groups is 1. The zero-order valence-corrected chi connectivity index (χ0v) is 11.6. The fourth-order valence-electron chi connectivity index (χ4n) is 2.84. The summed E-state index contributed by atoms with van der Waals surface area (Å²) in [6, 6.07) is 0. The lowest BCUT2D eigenvalue weighted by Crippen LogP contribution is -2.29. The van der Waals surface area contributed by atoms with Gasteiger partial charge in [-0.05, 0) is 44.2 Å². The molecule has 0 aromatic heterocycles. The molecule has 0 bridgehead atoms. The monoisotopic (exact) mass is 260 g/mol. The molecule has 0 saturated carbocycles. The van der Waals surface area contributed by atoms with Gasteiger partial charge in [-0.2, -0.15) is 0 Å². The molecule has 0 spiro atoms. The Hall–Kier alpha value is -0.280. The van der Waals surface area contributed by atoms with E-state index in [4.69, 9.17) is 0 Å². The Kier molecular flexibility index (Phi) is 6.28. The number of carbonyl (C=O) groups excluding carboxylic acids is 1. The molecule has 4 heteroatoms. The average molecular weight is 261 g/mol. The van der Waals surface area contributed by atoms with E-state index in [1.807, 2.05) is 0 Å². The van der Waals surface area contributed by atoms with E-state index in [9.17, 15) is 4.79 Å². The van der Waals surface area contributed by atoms with Crippen LogP contribution in [0.25, 0.3) is 0 Å². The minimum Gasteiger partial charge on any atom is -0.342 e. The first kappa shape index (κ1) is 14.8. The summed E-state index contributed by atoms with van der Waals surface area (Å²) in [6.45, 7) is 6.49. The molecule has 17 heavy (non-hydrogen) atoms. The molecule has 2 aliphatic heterocycles. The van der Waals surface area contributed by atoms with E-state index in [2.05, 4.69) is 17.1 Å². The maximum atomic E-state index is 12.0. The average Bonchev–Trinajstić information content (AvgIpc) is 2.96. The van der Waals surface area contributed by atoms with Gasteiger partial charge in [-0.3, -0.25) is 4.79 Å². The number of likely N-dealkylation sites (tertiary alicyclic amines) is 1. The fourth-order valence-corrected chi connectivity index (χ4v) is 2.84. The lowest BCUT2D eigenvalue weighted by atomic mass is 10.0. The van der Waals surface area contributed by atoms with Gasteiger partial charge in [0.1, 0.15) is 0 Å². The van der Waals surface area contributed by atoms with Crippen molar-refractivity contribution in [3.63, 3.8) is 0 Å².